The van der Waals surface area contributed by atoms with Crippen molar-refractivity contribution in [2.75, 3.05) is 14.1 Å². The molecule has 0 aliphatic carbocycles. The largest absolute Gasteiger partial charge is 0.419 e. The molecule has 136 valence electrons. The zero-order chi connectivity index (χ0) is 18.5. The standard InChI is InChI=1S/C20H23N3O3/c1-22(2)14-16-9-7-15(8-10-16)13-21-19(24)11-12-23-17-5-3-4-6-18(17)26-20(23)25/h3-10H,11-14H2,1-2H3,(H,21,24). The molecule has 3 rings (SSSR count). The average molecular weight is 353 g/mol. The van der Waals surface area contributed by atoms with E-state index in [4.69, 9.17) is 4.42 Å². The molecule has 6 heteroatoms. The Morgan fingerprint density at radius 3 is 2.50 bits per heavy atom. The molecule has 0 bridgehead atoms. The van der Waals surface area contributed by atoms with Crippen molar-refractivity contribution in [2.45, 2.75) is 26.1 Å². The minimum absolute atomic E-state index is 0.0976. The summed E-state index contributed by atoms with van der Waals surface area (Å²) in [7, 11) is 4.06. The van der Waals surface area contributed by atoms with Gasteiger partial charge in [-0.05, 0) is 37.4 Å². The number of rotatable bonds is 7. The number of amides is 1. The summed E-state index contributed by atoms with van der Waals surface area (Å²) in [6.45, 7) is 1.66. The normalized spacial score (nSPS) is 11.2. The van der Waals surface area contributed by atoms with Crippen molar-refractivity contribution in [3.05, 3.63) is 70.2 Å². The molecule has 0 spiro atoms. The number of hydrogen-bond acceptors (Lipinski definition) is 4. The number of hydrogen-bond donors (Lipinski definition) is 1. The third kappa shape index (κ3) is 4.40. The van der Waals surface area contributed by atoms with Crippen LogP contribution in [0, 0.1) is 0 Å². The van der Waals surface area contributed by atoms with E-state index < -0.39 is 5.76 Å². The van der Waals surface area contributed by atoms with E-state index in [-0.39, 0.29) is 12.3 Å². The van der Waals surface area contributed by atoms with E-state index >= 15 is 0 Å². The molecule has 0 radical (unpaired) electrons. The molecule has 2 aromatic carbocycles. The fourth-order valence-corrected chi connectivity index (χ4v) is 2.86. The first kappa shape index (κ1) is 17.9. The Hall–Kier alpha value is -2.86. The summed E-state index contributed by atoms with van der Waals surface area (Å²) in [6, 6.07) is 15.4. The van der Waals surface area contributed by atoms with Crippen molar-refractivity contribution >= 4 is 17.0 Å². The van der Waals surface area contributed by atoms with Gasteiger partial charge in [-0.25, -0.2) is 4.79 Å². The lowest BCUT2D eigenvalue weighted by Crippen LogP contribution is -2.25. The number of aryl methyl sites for hydroxylation is 1. The van der Waals surface area contributed by atoms with Crippen LogP contribution in [0.25, 0.3) is 11.1 Å². The number of nitrogens with one attached hydrogen (secondary N) is 1. The number of carbonyl (C=O) groups excluding carboxylic acids is 1. The summed E-state index contributed by atoms with van der Waals surface area (Å²) >= 11 is 0. The number of nitrogens with zero attached hydrogens (tertiary/aromatic N) is 2. The Balaban J connectivity index is 1.53. The summed E-state index contributed by atoms with van der Waals surface area (Å²) in [4.78, 5) is 26.1. The number of carbonyl (C=O) groups is 1. The molecule has 0 saturated heterocycles. The first-order valence-corrected chi connectivity index (χ1v) is 8.60. The van der Waals surface area contributed by atoms with E-state index in [1.807, 2.05) is 44.4 Å². The Bertz CT molecular complexity index is 939. The summed E-state index contributed by atoms with van der Waals surface area (Å²) < 4.78 is 6.66. The van der Waals surface area contributed by atoms with Crippen molar-refractivity contribution in [3.63, 3.8) is 0 Å². The van der Waals surface area contributed by atoms with Gasteiger partial charge in [0, 0.05) is 26.1 Å². The molecule has 0 saturated carbocycles. The lowest BCUT2D eigenvalue weighted by atomic mass is 10.1. The molecule has 1 amide bonds. The van der Waals surface area contributed by atoms with Gasteiger partial charge in [0.15, 0.2) is 5.58 Å². The summed E-state index contributed by atoms with van der Waals surface area (Å²) in [6.07, 6.45) is 0.224. The van der Waals surface area contributed by atoms with Crippen LogP contribution in [0.15, 0.2) is 57.7 Å². The molecule has 3 aromatic rings. The van der Waals surface area contributed by atoms with Gasteiger partial charge < -0.3 is 14.6 Å². The van der Waals surface area contributed by atoms with E-state index in [0.717, 1.165) is 12.1 Å². The highest BCUT2D eigenvalue weighted by atomic mass is 16.4. The Morgan fingerprint density at radius 2 is 1.77 bits per heavy atom. The second-order valence-electron chi connectivity index (χ2n) is 6.57. The number of para-hydroxylation sites is 2. The first-order chi connectivity index (χ1) is 12.5. The SMILES string of the molecule is CN(C)Cc1ccc(CNC(=O)CCn2c(=O)oc3ccccc32)cc1. The molecule has 1 heterocycles. The zero-order valence-corrected chi connectivity index (χ0v) is 15.1. The number of fused-ring (bicyclic) bond motifs is 1. The van der Waals surface area contributed by atoms with Crippen LogP contribution in [0.1, 0.15) is 17.5 Å². The molecule has 0 unspecified atom stereocenters. The minimum Gasteiger partial charge on any atom is -0.408 e. The Labute approximate surface area is 152 Å². The predicted octanol–water partition coefficient (Wildman–Crippen LogP) is 2.36. The fourth-order valence-electron chi connectivity index (χ4n) is 2.86. The second-order valence-corrected chi connectivity index (χ2v) is 6.57. The highest BCUT2D eigenvalue weighted by molar-refractivity contribution is 5.76. The molecule has 0 atom stereocenters. The van der Waals surface area contributed by atoms with Gasteiger partial charge in [-0.1, -0.05) is 36.4 Å². The van der Waals surface area contributed by atoms with Crippen LogP contribution in [0.2, 0.25) is 0 Å². The molecule has 1 N–H and O–H groups in total. The molecule has 1 aromatic heterocycles. The van der Waals surface area contributed by atoms with Gasteiger partial charge in [0.05, 0.1) is 5.52 Å². The Morgan fingerprint density at radius 1 is 1.08 bits per heavy atom. The summed E-state index contributed by atoms with van der Waals surface area (Å²) in [5.41, 5.74) is 3.53. The maximum atomic E-state index is 12.1. The van der Waals surface area contributed by atoms with Crippen molar-refractivity contribution in [3.8, 4) is 0 Å². The van der Waals surface area contributed by atoms with Crippen molar-refractivity contribution < 1.29 is 9.21 Å². The van der Waals surface area contributed by atoms with Gasteiger partial charge in [0.2, 0.25) is 5.91 Å². The van der Waals surface area contributed by atoms with Gasteiger partial charge in [-0.15, -0.1) is 0 Å². The van der Waals surface area contributed by atoms with E-state index in [1.165, 1.54) is 10.1 Å². The monoisotopic (exact) mass is 353 g/mol. The van der Waals surface area contributed by atoms with Crippen LogP contribution in [-0.2, 0) is 24.4 Å². The minimum atomic E-state index is -0.435. The molecule has 6 nitrogen and oxygen atoms in total. The molecule has 0 fully saturated rings. The summed E-state index contributed by atoms with van der Waals surface area (Å²) in [5.74, 6) is -0.532. The Kier molecular flexibility index (Phi) is 5.53. The molecule has 26 heavy (non-hydrogen) atoms. The summed E-state index contributed by atoms with van der Waals surface area (Å²) in [5, 5.41) is 2.89. The van der Waals surface area contributed by atoms with Crippen molar-refractivity contribution in [2.24, 2.45) is 0 Å². The maximum Gasteiger partial charge on any atom is 0.419 e. The smallest absolute Gasteiger partial charge is 0.408 e. The predicted molar refractivity (Wildman–Crippen MR) is 101 cm³/mol. The van der Waals surface area contributed by atoms with Gasteiger partial charge in [0.25, 0.3) is 0 Å². The molecular weight excluding hydrogens is 330 g/mol. The quantitative estimate of drug-likeness (QED) is 0.708. The van der Waals surface area contributed by atoms with Crippen LogP contribution in [0.3, 0.4) is 0 Å². The third-order valence-corrected chi connectivity index (χ3v) is 4.15. The molecular formula is C20H23N3O3. The van der Waals surface area contributed by atoms with E-state index in [1.54, 1.807) is 6.07 Å². The van der Waals surface area contributed by atoms with Gasteiger partial charge >= 0.3 is 5.76 Å². The maximum absolute atomic E-state index is 12.1. The van der Waals surface area contributed by atoms with Crippen LogP contribution < -0.4 is 11.1 Å². The van der Waals surface area contributed by atoms with Crippen molar-refractivity contribution in [1.82, 2.24) is 14.8 Å². The molecule has 0 aliphatic heterocycles. The second kappa shape index (κ2) is 8.01. The average Bonchev–Trinajstić information content (AvgIpc) is 2.94. The highest BCUT2D eigenvalue weighted by Gasteiger charge is 2.10. The van der Waals surface area contributed by atoms with Gasteiger partial charge in [-0.3, -0.25) is 9.36 Å². The van der Waals surface area contributed by atoms with Gasteiger partial charge in [-0.2, -0.15) is 0 Å². The van der Waals surface area contributed by atoms with Crippen LogP contribution in [-0.4, -0.2) is 29.5 Å². The topological polar surface area (TPSA) is 67.5 Å². The van der Waals surface area contributed by atoms with E-state index in [9.17, 15) is 9.59 Å². The van der Waals surface area contributed by atoms with E-state index in [2.05, 4.69) is 22.3 Å². The molecule has 0 aliphatic rings. The fraction of sp³-hybridized carbons (Fsp3) is 0.300. The number of aromatic nitrogens is 1. The van der Waals surface area contributed by atoms with Crippen LogP contribution >= 0.6 is 0 Å². The van der Waals surface area contributed by atoms with Crippen molar-refractivity contribution in [1.29, 1.82) is 0 Å². The lowest BCUT2D eigenvalue weighted by molar-refractivity contribution is -0.121. The zero-order valence-electron chi connectivity index (χ0n) is 15.1. The van der Waals surface area contributed by atoms with Crippen LogP contribution in [0.5, 0.6) is 0 Å². The van der Waals surface area contributed by atoms with E-state index in [0.29, 0.717) is 24.2 Å². The highest BCUT2D eigenvalue weighted by Crippen LogP contribution is 2.12. The van der Waals surface area contributed by atoms with Gasteiger partial charge in [0.1, 0.15) is 0 Å². The number of oxazole rings is 1. The van der Waals surface area contributed by atoms with Crippen LogP contribution in [0.4, 0.5) is 0 Å². The number of benzene rings is 2. The third-order valence-electron chi connectivity index (χ3n) is 4.15. The first-order valence-electron chi connectivity index (χ1n) is 8.60. The lowest BCUT2D eigenvalue weighted by Gasteiger charge is -2.10.